The Morgan fingerprint density at radius 2 is 0.270 bits per heavy atom. The Morgan fingerprint density at radius 3 is 0.446 bits per heavy atom. The summed E-state index contributed by atoms with van der Waals surface area (Å²) in [7, 11) is 11.7. The summed E-state index contributed by atoms with van der Waals surface area (Å²) in [5.74, 6) is 1.67. The van der Waals surface area contributed by atoms with Crippen molar-refractivity contribution in [1.29, 1.82) is 0 Å². The molecule has 148 heavy (non-hydrogen) atoms. The zero-order valence-corrected chi connectivity index (χ0v) is 83.2. The van der Waals surface area contributed by atoms with E-state index in [2.05, 4.69) is 577 Å². The standard InChI is InChI=1S/C52H36N2.C44H38N4.C42H32N2O2/c1-5-13-37(14-6-1)39-21-29-45(30-22-39)53(43-17-9-3-10-18-43)49-35-27-41-26-34-48-50(36-28-42-25-33-47(49)51(41)52(42)48)54(44-19-11-4-12-20-44)46-31-23-40(24-32-46)38-15-7-2-8-16-38;1-45(2)33-19-23-37(24-20-33)47(35-11-7-5-8-12-35)41-29-17-31-16-28-40-42(30-18-32-15-27-39(41)43(31)44(32)40)48(36-13-9-6-10-14-36)38-25-21-34(22-26-38)46(3)4;1-45-35-21-17-33(18-22-35)43(31-9-5-3-6-10-31)39-27-15-29-14-26-38-40(28-16-30-13-25-37(39)41(29)42(30)38)44(32-11-7-4-8-12-32)34-19-23-36(46-2)24-20-34/h1-36H;5-30H,1-4H3;3-28H,1-2H3. The van der Waals surface area contributed by atoms with Crippen molar-refractivity contribution in [2.45, 2.75) is 0 Å². The van der Waals surface area contributed by atoms with Crippen LogP contribution in [0.4, 0.5) is 114 Å². The van der Waals surface area contributed by atoms with Crippen LogP contribution in [0.2, 0.25) is 0 Å². The minimum Gasteiger partial charge on any atom is -0.497 e. The van der Waals surface area contributed by atoms with Gasteiger partial charge in [0.1, 0.15) is 11.5 Å². The summed E-state index contributed by atoms with van der Waals surface area (Å²) in [5.41, 5.74) is 27.3. The molecule has 0 bridgehead atoms. The maximum absolute atomic E-state index is 5.48. The topological polar surface area (TPSA) is 44.4 Å². The number of anilines is 20. The van der Waals surface area contributed by atoms with E-state index in [-0.39, 0.29) is 0 Å². The summed E-state index contributed by atoms with van der Waals surface area (Å²) in [6.07, 6.45) is 0. The lowest BCUT2D eigenvalue weighted by Gasteiger charge is -2.29. The van der Waals surface area contributed by atoms with Crippen molar-refractivity contribution in [2.75, 3.05) is 81.6 Å². The van der Waals surface area contributed by atoms with Crippen molar-refractivity contribution in [3.05, 3.63) is 534 Å². The summed E-state index contributed by atoms with van der Waals surface area (Å²) in [4.78, 5) is 18.5. The first-order valence-corrected chi connectivity index (χ1v) is 50.4. The van der Waals surface area contributed by atoms with E-state index in [9.17, 15) is 0 Å². The average molecular weight is 1910 g/mol. The van der Waals surface area contributed by atoms with Gasteiger partial charge >= 0.3 is 0 Å². The van der Waals surface area contributed by atoms with Gasteiger partial charge in [-0.1, -0.05) is 303 Å². The summed E-state index contributed by atoms with van der Waals surface area (Å²) < 4.78 is 11.0. The number of rotatable bonds is 24. The molecule has 26 aromatic carbocycles. The molecule has 0 aliphatic carbocycles. The third-order valence-electron chi connectivity index (χ3n) is 28.8. The molecule has 0 N–H and O–H groups in total. The van der Waals surface area contributed by atoms with Crippen molar-refractivity contribution in [2.24, 2.45) is 0 Å². The second-order valence-electron chi connectivity index (χ2n) is 37.8. The zero-order chi connectivity index (χ0) is 99.7. The molecule has 0 aliphatic rings. The zero-order valence-electron chi connectivity index (χ0n) is 83.2. The number of methoxy groups -OCH3 is 2. The van der Waals surface area contributed by atoms with E-state index in [0.29, 0.717) is 0 Å². The number of ether oxygens (including phenoxy) is 2. The number of nitrogens with zero attached hydrogens (tertiary/aromatic N) is 8. The van der Waals surface area contributed by atoms with Crippen LogP contribution >= 0.6 is 0 Å². The van der Waals surface area contributed by atoms with E-state index < -0.39 is 0 Å². The molecule has 0 amide bonds. The highest BCUT2D eigenvalue weighted by molar-refractivity contribution is 6.31. The fourth-order valence-corrected chi connectivity index (χ4v) is 21.6. The number of hydrogen-bond donors (Lipinski definition) is 0. The van der Waals surface area contributed by atoms with Gasteiger partial charge in [-0.15, -0.1) is 0 Å². The molecule has 0 spiro atoms. The van der Waals surface area contributed by atoms with E-state index in [4.69, 9.17) is 9.47 Å². The van der Waals surface area contributed by atoms with Gasteiger partial charge in [0.25, 0.3) is 0 Å². The van der Waals surface area contributed by atoms with E-state index in [1.54, 1.807) is 14.2 Å². The van der Waals surface area contributed by atoms with Gasteiger partial charge in [-0.3, -0.25) is 0 Å². The molecular formula is C138H106N8O2. The van der Waals surface area contributed by atoms with Crippen LogP contribution in [-0.4, -0.2) is 42.4 Å². The lowest BCUT2D eigenvalue weighted by molar-refractivity contribution is 0.414. The molecule has 26 rings (SSSR count). The summed E-state index contributed by atoms with van der Waals surface area (Å²) in [6.45, 7) is 0. The Kier molecular flexibility index (Phi) is 24.7. The first-order valence-electron chi connectivity index (χ1n) is 50.4. The van der Waals surface area contributed by atoms with Crippen LogP contribution in [0, 0.1) is 0 Å². The van der Waals surface area contributed by atoms with Crippen LogP contribution in [0.25, 0.3) is 119 Å². The third kappa shape index (κ3) is 17.3. The minimum atomic E-state index is 0.833. The largest absolute Gasteiger partial charge is 0.497 e. The maximum atomic E-state index is 5.48. The lowest BCUT2D eigenvalue weighted by Crippen LogP contribution is -2.12. The predicted octanol–water partition coefficient (Wildman–Crippen LogP) is 38.1. The summed E-state index contributed by atoms with van der Waals surface area (Å²) >= 11 is 0. The van der Waals surface area contributed by atoms with Crippen molar-refractivity contribution in [1.82, 2.24) is 0 Å². The Hall–Kier alpha value is -19.2. The maximum Gasteiger partial charge on any atom is 0.119 e. The summed E-state index contributed by atoms with van der Waals surface area (Å²) in [6, 6.07) is 192. The van der Waals surface area contributed by atoms with Crippen molar-refractivity contribution >= 4 is 211 Å². The van der Waals surface area contributed by atoms with Crippen LogP contribution in [0.5, 0.6) is 11.5 Å². The van der Waals surface area contributed by atoms with Crippen molar-refractivity contribution in [3.63, 3.8) is 0 Å². The first kappa shape index (κ1) is 91.3. The average Bonchev–Trinajstić information content (AvgIpc) is 0.728. The smallest absolute Gasteiger partial charge is 0.119 e. The molecular weight excluding hydrogens is 1800 g/mol. The predicted molar refractivity (Wildman–Crippen MR) is 631 cm³/mol. The van der Waals surface area contributed by atoms with Crippen molar-refractivity contribution in [3.8, 4) is 33.8 Å². The van der Waals surface area contributed by atoms with Gasteiger partial charge in [-0.05, 0) is 317 Å². The van der Waals surface area contributed by atoms with E-state index in [1.807, 2.05) is 24.3 Å². The molecule has 0 aliphatic heterocycles. The Labute approximate surface area is 863 Å². The quantitative estimate of drug-likeness (QED) is 0.0547. The van der Waals surface area contributed by atoms with Gasteiger partial charge in [-0.2, -0.15) is 0 Å². The van der Waals surface area contributed by atoms with Gasteiger partial charge in [0.15, 0.2) is 0 Å². The normalized spacial score (nSPS) is 11.3. The molecule has 10 nitrogen and oxygen atoms in total. The number of hydrogen-bond acceptors (Lipinski definition) is 10. The van der Waals surface area contributed by atoms with Crippen LogP contribution in [0.3, 0.4) is 0 Å². The second kappa shape index (κ2) is 40.0. The van der Waals surface area contributed by atoms with E-state index in [0.717, 1.165) is 114 Å². The number of para-hydroxylation sites is 6. The van der Waals surface area contributed by atoms with Gasteiger partial charge < -0.3 is 48.7 Å². The molecule has 0 radical (unpaired) electrons. The monoisotopic (exact) mass is 1910 g/mol. The van der Waals surface area contributed by atoms with Crippen LogP contribution in [0.1, 0.15) is 0 Å². The van der Waals surface area contributed by atoms with Gasteiger partial charge in [0.05, 0.1) is 48.3 Å². The fourth-order valence-electron chi connectivity index (χ4n) is 21.6. The van der Waals surface area contributed by atoms with E-state index in [1.165, 1.54) is 131 Å². The SMILES string of the molecule is CN(C)c1ccc(N(c2ccccc2)c2ccc3ccc4c(N(c5ccccc5)c5ccc(N(C)C)cc5)ccc5ccc2c3c54)cc1.COc1ccc(N(c2ccccc2)c2ccc3ccc4c(N(c5ccccc5)c5ccc(OC)cc5)ccc5ccc2c3c54)cc1.c1ccc(-c2ccc(N(c3ccccc3)c3ccc4ccc5c(N(c6ccccc6)c6ccc(-c7ccccc7)cc6)ccc6ccc3c4c65)cc2)cc1. The van der Waals surface area contributed by atoms with Crippen LogP contribution in [-0.2, 0) is 0 Å². The molecule has 0 fully saturated rings. The fraction of sp³-hybridized carbons (Fsp3) is 0.0435. The Balaban J connectivity index is 0.000000119. The van der Waals surface area contributed by atoms with Crippen molar-refractivity contribution < 1.29 is 9.47 Å². The minimum absolute atomic E-state index is 0.833. The molecule has 0 aromatic heterocycles. The second-order valence-corrected chi connectivity index (χ2v) is 37.8. The lowest BCUT2D eigenvalue weighted by atomic mass is 9.91. The molecule has 26 aromatic rings. The van der Waals surface area contributed by atoms with Gasteiger partial charge in [-0.25, -0.2) is 0 Å². The molecule has 0 saturated heterocycles. The first-order chi connectivity index (χ1) is 73.0. The molecule has 0 heterocycles. The molecule has 10 heteroatoms. The Bertz CT molecular complexity index is 8590. The third-order valence-corrected chi connectivity index (χ3v) is 28.8. The Morgan fingerprint density at radius 1 is 0.128 bits per heavy atom. The molecule has 0 saturated carbocycles. The van der Waals surface area contributed by atoms with Crippen LogP contribution in [0.15, 0.2) is 534 Å². The highest BCUT2D eigenvalue weighted by Gasteiger charge is 2.29. The molecule has 0 atom stereocenters. The van der Waals surface area contributed by atoms with Gasteiger partial charge in [0.2, 0.25) is 0 Å². The van der Waals surface area contributed by atoms with E-state index >= 15 is 0 Å². The molecule has 710 valence electrons. The summed E-state index contributed by atoms with van der Waals surface area (Å²) in [5, 5.41) is 22.3. The molecule has 0 unspecified atom stereocenters. The highest BCUT2D eigenvalue weighted by Crippen LogP contribution is 2.54. The number of benzene rings is 26. The van der Waals surface area contributed by atoms with Gasteiger partial charge in [0, 0.05) is 140 Å². The highest BCUT2D eigenvalue weighted by atomic mass is 16.5. The van der Waals surface area contributed by atoms with Crippen LogP contribution < -0.4 is 48.7 Å².